The van der Waals surface area contributed by atoms with Crippen molar-refractivity contribution in [1.82, 2.24) is 0 Å². The molecule has 2 nitrogen and oxygen atoms in total. The lowest BCUT2D eigenvalue weighted by molar-refractivity contribution is 0.0786. The highest BCUT2D eigenvalue weighted by atomic mass is 16.6. The van der Waals surface area contributed by atoms with Crippen molar-refractivity contribution < 1.29 is 4.84 Å². The fourth-order valence-electron chi connectivity index (χ4n) is 1.43. The van der Waals surface area contributed by atoms with Gasteiger partial charge in [0.1, 0.15) is 6.10 Å². The molecule has 82 valence electrons. The Bertz CT molecular complexity index is 255. The van der Waals surface area contributed by atoms with E-state index in [1.165, 1.54) is 6.42 Å². The van der Waals surface area contributed by atoms with Crippen LogP contribution < -0.4 is 0 Å². The second-order valence-electron chi connectivity index (χ2n) is 3.70. The lowest BCUT2D eigenvalue weighted by atomic mass is 10.1. The molecule has 1 heterocycles. The SMILES string of the molecule is CCC[C@@H]1CC(C)=NO1.c1ccccc1. The van der Waals surface area contributed by atoms with Crippen molar-refractivity contribution in [3.05, 3.63) is 36.4 Å². The van der Waals surface area contributed by atoms with Crippen LogP contribution in [0.2, 0.25) is 0 Å². The van der Waals surface area contributed by atoms with Crippen LogP contribution in [0.4, 0.5) is 0 Å². The maximum Gasteiger partial charge on any atom is 0.132 e. The summed E-state index contributed by atoms with van der Waals surface area (Å²) in [6.45, 7) is 4.17. The number of nitrogens with zero attached hydrogens (tertiary/aromatic N) is 1. The lowest BCUT2D eigenvalue weighted by Crippen LogP contribution is -2.04. The van der Waals surface area contributed by atoms with E-state index in [9.17, 15) is 0 Å². The first kappa shape index (κ1) is 11.8. The Morgan fingerprint density at radius 1 is 1.20 bits per heavy atom. The van der Waals surface area contributed by atoms with Gasteiger partial charge >= 0.3 is 0 Å². The Labute approximate surface area is 91.9 Å². The predicted octanol–water partition coefficient (Wildman–Crippen LogP) is 3.64. The standard InChI is InChI=1S/C7H13NO.C6H6/c1-3-4-7-5-6(2)8-9-7;1-2-4-6-5-3-1/h7H,3-5H2,1-2H3;1-6H/t7-;/m1./s1. The number of rotatable bonds is 2. The fourth-order valence-corrected chi connectivity index (χ4v) is 1.43. The van der Waals surface area contributed by atoms with Crippen molar-refractivity contribution in [2.75, 3.05) is 0 Å². The van der Waals surface area contributed by atoms with E-state index >= 15 is 0 Å². The molecule has 0 amide bonds. The summed E-state index contributed by atoms with van der Waals surface area (Å²) in [5.74, 6) is 0. The molecule has 1 atom stereocenters. The molecule has 0 spiro atoms. The summed E-state index contributed by atoms with van der Waals surface area (Å²) in [4.78, 5) is 5.09. The molecule has 0 saturated heterocycles. The van der Waals surface area contributed by atoms with Crippen molar-refractivity contribution in [3.63, 3.8) is 0 Å². The third kappa shape index (κ3) is 5.21. The van der Waals surface area contributed by atoms with Crippen molar-refractivity contribution in [2.45, 2.75) is 39.2 Å². The van der Waals surface area contributed by atoms with Gasteiger partial charge in [0.2, 0.25) is 0 Å². The Hall–Kier alpha value is -1.31. The third-order valence-corrected chi connectivity index (χ3v) is 2.16. The predicted molar refractivity (Wildman–Crippen MR) is 63.9 cm³/mol. The molecule has 15 heavy (non-hydrogen) atoms. The molecule has 1 aromatic carbocycles. The van der Waals surface area contributed by atoms with Crippen LogP contribution in [0, 0.1) is 0 Å². The van der Waals surface area contributed by atoms with Crippen LogP contribution in [0.1, 0.15) is 33.1 Å². The maximum absolute atomic E-state index is 5.09. The zero-order chi connectivity index (χ0) is 10.9. The van der Waals surface area contributed by atoms with Crippen LogP contribution >= 0.6 is 0 Å². The number of oxime groups is 1. The average molecular weight is 205 g/mol. The highest BCUT2D eigenvalue weighted by molar-refractivity contribution is 5.82. The maximum atomic E-state index is 5.09. The van der Waals surface area contributed by atoms with Crippen LogP contribution in [0.25, 0.3) is 0 Å². The molecule has 1 aromatic rings. The summed E-state index contributed by atoms with van der Waals surface area (Å²) >= 11 is 0. The summed E-state index contributed by atoms with van der Waals surface area (Å²) in [6.07, 6.45) is 3.75. The summed E-state index contributed by atoms with van der Waals surface area (Å²) in [7, 11) is 0. The zero-order valence-corrected chi connectivity index (χ0v) is 9.52. The second kappa shape index (κ2) is 7.04. The first-order chi connectivity index (χ1) is 7.33. The number of hydrogen-bond donors (Lipinski definition) is 0. The van der Waals surface area contributed by atoms with Gasteiger partial charge in [0.05, 0.1) is 5.71 Å². The number of hydrogen-bond acceptors (Lipinski definition) is 2. The van der Waals surface area contributed by atoms with Crippen molar-refractivity contribution in [2.24, 2.45) is 5.16 Å². The minimum atomic E-state index is 0.384. The highest BCUT2D eigenvalue weighted by Crippen LogP contribution is 2.14. The monoisotopic (exact) mass is 205 g/mol. The van der Waals surface area contributed by atoms with Crippen molar-refractivity contribution in [1.29, 1.82) is 0 Å². The highest BCUT2D eigenvalue weighted by Gasteiger charge is 2.15. The molecule has 0 unspecified atom stereocenters. The minimum absolute atomic E-state index is 0.384. The van der Waals surface area contributed by atoms with Gasteiger partial charge in [-0.3, -0.25) is 0 Å². The second-order valence-corrected chi connectivity index (χ2v) is 3.70. The lowest BCUT2D eigenvalue weighted by Gasteiger charge is -2.03. The van der Waals surface area contributed by atoms with Gasteiger partial charge in [-0.1, -0.05) is 54.9 Å². The van der Waals surface area contributed by atoms with E-state index in [-0.39, 0.29) is 0 Å². The Morgan fingerprint density at radius 3 is 2.07 bits per heavy atom. The molecule has 0 aliphatic carbocycles. The van der Waals surface area contributed by atoms with Gasteiger partial charge < -0.3 is 4.84 Å². The van der Waals surface area contributed by atoms with Crippen LogP contribution in [0.15, 0.2) is 41.6 Å². The molecule has 0 aromatic heterocycles. The largest absolute Gasteiger partial charge is 0.392 e. The van der Waals surface area contributed by atoms with Gasteiger partial charge in [0.25, 0.3) is 0 Å². The Balaban J connectivity index is 0.000000162. The molecular formula is C13H19NO. The molecule has 0 bridgehead atoms. The van der Waals surface area contributed by atoms with Crippen LogP contribution in [0.5, 0.6) is 0 Å². The first-order valence-electron chi connectivity index (χ1n) is 5.52. The molecule has 2 heteroatoms. The van der Waals surface area contributed by atoms with Gasteiger partial charge in [-0.05, 0) is 13.3 Å². The van der Waals surface area contributed by atoms with Gasteiger partial charge in [-0.2, -0.15) is 0 Å². The van der Waals surface area contributed by atoms with Crippen molar-refractivity contribution in [3.8, 4) is 0 Å². The van der Waals surface area contributed by atoms with E-state index in [4.69, 9.17) is 4.84 Å². The zero-order valence-electron chi connectivity index (χ0n) is 9.52. The van der Waals surface area contributed by atoms with Crippen LogP contribution in [-0.2, 0) is 4.84 Å². The van der Waals surface area contributed by atoms with E-state index in [0.29, 0.717) is 6.10 Å². The smallest absolute Gasteiger partial charge is 0.132 e. The Morgan fingerprint density at radius 2 is 1.73 bits per heavy atom. The molecule has 2 rings (SSSR count). The Kier molecular flexibility index (Phi) is 5.52. The summed E-state index contributed by atoms with van der Waals surface area (Å²) in [5.41, 5.74) is 1.13. The van der Waals surface area contributed by atoms with E-state index in [0.717, 1.165) is 18.6 Å². The van der Waals surface area contributed by atoms with E-state index in [2.05, 4.69) is 12.1 Å². The summed E-state index contributed by atoms with van der Waals surface area (Å²) in [6, 6.07) is 12.0. The molecule has 1 aliphatic heterocycles. The van der Waals surface area contributed by atoms with Crippen LogP contribution in [0.3, 0.4) is 0 Å². The third-order valence-electron chi connectivity index (χ3n) is 2.16. The normalized spacial score (nSPS) is 18.5. The first-order valence-corrected chi connectivity index (χ1v) is 5.52. The van der Waals surface area contributed by atoms with Gasteiger partial charge in [0, 0.05) is 6.42 Å². The van der Waals surface area contributed by atoms with E-state index < -0.39 is 0 Å². The van der Waals surface area contributed by atoms with Gasteiger partial charge in [-0.25, -0.2) is 0 Å². The number of benzene rings is 1. The molecule has 0 radical (unpaired) electrons. The summed E-state index contributed by atoms with van der Waals surface area (Å²) in [5, 5.41) is 3.85. The topological polar surface area (TPSA) is 21.6 Å². The fraction of sp³-hybridized carbons (Fsp3) is 0.462. The van der Waals surface area contributed by atoms with Gasteiger partial charge in [0.15, 0.2) is 0 Å². The quantitative estimate of drug-likeness (QED) is 0.722. The van der Waals surface area contributed by atoms with Crippen molar-refractivity contribution >= 4 is 5.71 Å². The molecule has 0 saturated carbocycles. The van der Waals surface area contributed by atoms with Crippen LogP contribution in [-0.4, -0.2) is 11.8 Å². The minimum Gasteiger partial charge on any atom is -0.392 e. The van der Waals surface area contributed by atoms with Gasteiger partial charge in [-0.15, -0.1) is 0 Å². The average Bonchev–Trinajstić information content (AvgIpc) is 2.68. The molecule has 0 fully saturated rings. The molecular weight excluding hydrogens is 186 g/mol. The molecule has 0 N–H and O–H groups in total. The van der Waals surface area contributed by atoms with E-state index in [1.807, 2.05) is 43.3 Å². The molecule has 1 aliphatic rings. The summed E-state index contributed by atoms with van der Waals surface area (Å²) < 4.78 is 0. The van der Waals surface area contributed by atoms with E-state index in [1.54, 1.807) is 0 Å².